The second-order valence-corrected chi connectivity index (χ2v) is 4.86. The minimum atomic E-state index is -0.516. The van der Waals surface area contributed by atoms with Crippen molar-refractivity contribution in [3.63, 3.8) is 0 Å². The van der Waals surface area contributed by atoms with Crippen molar-refractivity contribution in [3.8, 4) is 0 Å². The van der Waals surface area contributed by atoms with Crippen LogP contribution in [0.15, 0.2) is 18.2 Å². The molecule has 0 aliphatic carbocycles. The van der Waals surface area contributed by atoms with Crippen LogP contribution in [0.2, 0.25) is 0 Å². The molecule has 0 spiro atoms. The highest BCUT2D eigenvalue weighted by Gasteiger charge is 2.35. The van der Waals surface area contributed by atoms with Crippen LogP contribution in [0.3, 0.4) is 0 Å². The van der Waals surface area contributed by atoms with Gasteiger partial charge in [-0.2, -0.15) is 0 Å². The maximum Gasteiger partial charge on any atom is 0.254 e. The largest absolute Gasteiger partial charge is 0.378 e. The van der Waals surface area contributed by atoms with Crippen molar-refractivity contribution in [2.45, 2.75) is 18.9 Å². The van der Waals surface area contributed by atoms with E-state index in [0.29, 0.717) is 19.8 Å². The second kappa shape index (κ2) is 5.67. The molecule has 104 valence electrons. The summed E-state index contributed by atoms with van der Waals surface area (Å²) in [6.07, 6.45) is 0.722. The standard InChI is InChI=1S/C14H18FNO3/c1-10-3-4-12(15)11(7-10)13(17)16-8-14(18-2)5-6-19-9-14/h3-4,7H,5-6,8-9H2,1-2H3,(H,16,17). The summed E-state index contributed by atoms with van der Waals surface area (Å²) in [5.74, 6) is -0.943. The molecule has 0 aromatic heterocycles. The molecule has 1 aromatic rings. The van der Waals surface area contributed by atoms with Crippen LogP contribution in [-0.4, -0.2) is 38.4 Å². The number of amides is 1. The van der Waals surface area contributed by atoms with E-state index in [1.54, 1.807) is 13.2 Å². The Labute approximate surface area is 111 Å². The summed E-state index contributed by atoms with van der Waals surface area (Å²) in [4.78, 5) is 12.0. The van der Waals surface area contributed by atoms with Gasteiger partial charge in [0, 0.05) is 26.7 Å². The van der Waals surface area contributed by atoms with Gasteiger partial charge in [-0.25, -0.2) is 4.39 Å². The molecule has 1 aromatic carbocycles. The van der Waals surface area contributed by atoms with Crippen LogP contribution in [0.1, 0.15) is 22.3 Å². The highest BCUT2D eigenvalue weighted by molar-refractivity contribution is 5.94. The third kappa shape index (κ3) is 3.11. The zero-order valence-electron chi connectivity index (χ0n) is 11.2. The van der Waals surface area contributed by atoms with Gasteiger partial charge < -0.3 is 14.8 Å². The molecule has 4 nitrogen and oxygen atoms in total. The molecule has 0 bridgehead atoms. The van der Waals surface area contributed by atoms with Gasteiger partial charge in [0.05, 0.1) is 12.2 Å². The maximum absolute atomic E-state index is 13.6. The summed E-state index contributed by atoms with van der Waals surface area (Å²) in [5, 5.41) is 2.72. The summed E-state index contributed by atoms with van der Waals surface area (Å²) in [5.41, 5.74) is 0.415. The molecule has 0 radical (unpaired) electrons. The highest BCUT2D eigenvalue weighted by Crippen LogP contribution is 2.21. The van der Waals surface area contributed by atoms with E-state index in [1.807, 2.05) is 6.92 Å². The van der Waals surface area contributed by atoms with Gasteiger partial charge in [0.1, 0.15) is 11.4 Å². The first-order chi connectivity index (χ1) is 9.06. The molecule has 2 rings (SSSR count). The van der Waals surface area contributed by atoms with Crippen LogP contribution >= 0.6 is 0 Å². The van der Waals surface area contributed by atoms with Gasteiger partial charge in [0.25, 0.3) is 5.91 Å². The molecule has 1 unspecified atom stereocenters. The van der Waals surface area contributed by atoms with E-state index < -0.39 is 17.3 Å². The van der Waals surface area contributed by atoms with E-state index in [4.69, 9.17) is 9.47 Å². The number of nitrogens with one attached hydrogen (secondary N) is 1. The average molecular weight is 267 g/mol. The number of hydrogen-bond donors (Lipinski definition) is 1. The molecule has 1 aliphatic rings. The number of hydrogen-bond acceptors (Lipinski definition) is 3. The van der Waals surface area contributed by atoms with E-state index in [0.717, 1.165) is 12.0 Å². The number of carbonyl (C=O) groups excluding carboxylic acids is 1. The van der Waals surface area contributed by atoms with Gasteiger partial charge in [-0.1, -0.05) is 11.6 Å². The van der Waals surface area contributed by atoms with Gasteiger partial charge >= 0.3 is 0 Å². The number of carbonyl (C=O) groups is 1. The predicted octanol–water partition coefficient (Wildman–Crippen LogP) is 1.67. The lowest BCUT2D eigenvalue weighted by atomic mass is 10.0. The van der Waals surface area contributed by atoms with Crippen molar-refractivity contribution in [1.82, 2.24) is 5.32 Å². The average Bonchev–Trinajstić information content (AvgIpc) is 2.88. The van der Waals surface area contributed by atoms with E-state index >= 15 is 0 Å². The van der Waals surface area contributed by atoms with E-state index in [9.17, 15) is 9.18 Å². The summed E-state index contributed by atoms with van der Waals surface area (Å²) in [6, 6.07) is 4.47. The number of methoxy groups -OCH3 is 1. The third-order valence-corrected chi connectivity index (χ3v) is 3.44. The summed E-state index contributed by atoms with van der Waals surface area (Å²) in [6.45, 7) is 3.19. The first-order valence-corrected chi connectivity index (χ1v) is 6.24. The maximum atomic E-state index is 13.6. The topological polar surface area (TPSA) is 47.6 Å². The Hall–Kier alpha value is -1.46. The molecule has 0 saturated carbocycles. The number of ether oxygens (including phenoxy) is 2. The number of aryl methyl sites for hydroxylation is 1. The summed E-state index contributed by atoms with van der Waals surface area (Å²) < 4.78 is 24.3. The van der Waals surface area contributed by atoms with Crippen LogP contribution in [0.4, 0.5) is 4.39 Å². The molecule has 1 fully saturated rings. The SMILES string of the molecule is COC1(CNC(=O)c2cc(C)ccc2F)CCOC1. The van der Waals surface area contributed by atoms with Gasteiger partial charge in [0.2, 0.25) is 0 Å². The van der Waals surface area contributed by atoms with Crippen molar-refractivity contribution in [2.75, 3.05) is 26.9 Å². The number of rotatable bonds is 4. The normalized spacial score (nSPS) is 22.5. The van der Waals surface area contributed by atoms with Crippen molar-refractivity contribution < 1.29 is 18.7 Å². The lowest BCUT2D eigenvalue weighted by Crippen LogP contribution is -2.45. The van der Waals surface area contributed by atoms with E-state index in [-0.39, 0.29) is 5.56 Å². The number of benzene rings is 1. The molecule has 1 atom stereocenters. The van der Waals surface area contributed by atoms with Crippen LogP contribution in [0, 0.1) is 12.7 Å². The first kappa shape index (κ1) is 14.0. The minimum absolute atomic E-state index is 0.0603. The fraction of sp³-hybridized carbons (Fsp3) is 0.500. The van der Waals surface area contributed by atoms with Crippen LogP contribution in [0.25, 0.3) is 0 Å². The zero-order chi connectivity index (χ0) is 13.9. The second-order valence-electron chi connectivity index (χ2n) is 4.86. The highest BCUT2D eigenvalue weighted by atomic mass is 19.1. The Kier molecular flexibility index (Phi) is 4.17. The van der Waals surface area contributed by atoms with Gasteiger partial charge in [-0.05, 0) is 19.1 Å². The lowest BCUT2D eigenvalue weighted by Gasteiger charge is -2.25. The Morgan fingerprint density at radius 2 is 2.37 bits per heavy atom. The Balaban J connectivity index is 2.03. The summed E-state index contributed by atoms with van der Waals surface area (Å²) in [7, 11) is 1.59. The third-order valence-electron chi connectivity index (χ3n) is 3.44. The van der Waals surface area contributed by atoms with E-state index in [2.05, 4.69) is 5.32 Å². The molecule has 1 aliphatic heterocycles. The van der Waals surface area contributed by atoms with Crippen LogP contribution < -0.4 is 5.32 Å². The quantitative estimate of drug-likeness (QED) is 0.902. The molecule has 5 heteroatoms. The first-order valence-electron chi connectivity index (χ1n) is 6.24. The number of halogens is 1. The molecule has 19 heavy (non-hydrogen) atoms. The smallest absolute Gasteiger partial charge is 0.254 e. The van der Waals surface area contributed by atoms with Crippen LogP contribution in [-0.2, 0) is 9.47 Å². The van der Waals surface area contributed by atoms with Crippen molar-refractivity contribution in [2.24, 2.45) is 0 Å². The Bertz CT molecular complexity index is 470. The van der Waals surface area contributed by atoms with Crippen LogP contribution in [0.5, 0.6) is 0 Å². The molecular weight excluding hydrogens is 249 g/mol. The van der Waals surface area contributed by atoms with Gasteiger partial charge in [-0.15, -0.1) is 0 Å². The summed E-state index contributed by atoms with van der Waals surface area (Å²) >= 11 is 0. The monoisotopic (exact) mass is 267 g/mol. The molecular formula is C14H18FNO3. The van der Waals surface area contributed by atoms with Crippen molar-refractivity contribution in [1.29, 1.82) is 0 Å². The van der Waals surface area contributed by atoms with E-state index in [1.165, 1.54) is 12.1 Å². The fourth-order valence-electron chi connectivity index (χ4n) is 2.11. The fourth-order valence-corrected chi connectivity index (χ4v) is 2.11. The Morgan fingerprint density at radius 1 is 1.58 bits per heavy atom. The van der Waals surface area contributed by atoms with Gasteiger partial charge in [-0.3, -0.25) is 4.79 Å². The molecule has 1 saturated heterocycles. The zero-order valence-corrected chi connectivity index (χ0v) is 11.2. The minimum Gasteiger partial charge on any atom is -0.378 e. The molecule has 1 heterocycles. The lowest BCUT2D eigenvalue weighted by molar-refractivity contribution is -0.0149. The molecule has 1 N–H and O–H groups in total. The molecule has 1 amide bonds. The van der Waals surface area contributed by atoms with Gasteiger partial charge in [0.15, 0.2) is 0 Å². The Morgan fingerprint density at radius 3 is 3.00 bits per heavy atom. The predicted molar refractivity (Wildman–Crippen MR) is 68.6 cm³/mol. The van der Waals surface area contributed by atoms with Crippen molar-refractivity contribution >= 4 is 5.91 Å². The van der Waals surface area contributed by atoms with Crippen molar-refractivity contribution in [3.05, 3.63) is 35.1 Å².